The van der Waals surface area contributed by atoms with Gasteiger partial charge in [0.25, 0.3) is 0 Å². The highest BCUT2D eigenvalue weighted by Crippen LogP contribution is 2.27. The van der Waals surface area contributed by atoms with Crippen molar-refractivity contribution < 1.29 is 10.2 Å². The van der Waals surface area contributed by atoms with Crippen molar-refractivity contribution in [2.75, 3.05) is 0 Å². The number of phenolic OH excluding ortho intramolecular Hbond substituents is 2. The Kier molecular flexibility index (Phi) is 8.39. The van der Waals surface area contributed by atoms with Crippen LogP contribution in [-0.2, 0) is 6.42 Å². The molecule has 1 aromatic rings. The zero-order valence-electron chi connectivity index (χ0n) is 15.8. The quantitative estimate of drug-likeness (QED) is 0.544. The maximum absolute atomic E-state index is 9.95. The van der Waals surface area contributed by atoms with Crippen LogP contribution in [0.4, 0.5) is 0 Å². The van der Waals surface area contributed by atoms with Crippen molar-refractivity contribution in [2.24, 2.45) is 0 Å². The van der Waals surface area contributed by atoms with E-state index in [0.29, 0.717) is 6.42 Å². The number of aryl methyl sites for hydroxylation is 1. The molecule has 0 atom stereocenters. The minimum absolute atomic E-state index is 0.114. The molecule has 0 saturated heterocycles. The minimum Gasteiger partial charge on any atom is -0.508 e. The number of allylic oxidation sites excluding steroid dienone is 6. The Morgan fingerprint density at radius 1 is 0.875 bits per heavy atom. The second-order valence-corrected chi connectivity index (χ2v) is 6.92. The molecule has 0 fully saturated rings. The van der Waals surface area contributed by atoms with E-state index in [4.69, 9.17) is 0 Å². The van der Waals surface area contributed by atoms with Gasteiger partial charge < -0.3 is 10.2 Å². The van der Waals surface area contributed by atoms with Gasteiger partial charge in [0, 0.05) is 11.6 Å². The molecule has 0 aliphatic rings. The van der Waals surface area contributed by atoms with Crippen molar-refractivity contribution in [1.29, 1.82) is 0 Å². The third-order valence-corrected chi connectivity index (χ3v) is 4.21. The van der Waals surface area contributed by atoms with Crippen LogP contribution in [0, 0.1) is 6.92 Å². The van der Waals surface area contributed by atoms with Crippen molar-refractivity contribution in [3.05, 3.63) is 58.2 Å². The standard InChI is InChI=1S/C22H32O2/c1-16(2)8-6-9-17(3)10-7-11-18(4)12-13-21-19(5)14-20(23)15-22(21)24/h8,10,12,14-15,23-24H,6-7,9,11,13H2,1-5H3/b17-10?,18-12+. The van der Waals surface area contributed by atoms with Gasteiger partial charge in [-0.2, -0.15) is 0 Å². The minimum atomic E-state index is 0.114. The molecule has 0 amide bonds. The molecule has 0 aliphatic carbocycles. The fourth-order valence-corrected chi connectivity index (χ4v) is 2.66. The largest absolute Gasteiger partial charge is 0.508 e. The number of rotatable bonds is 8. The van der Waals surface area contributed by atoms with Crippen molar-refractivity contribution in [1.82, 2.24) is 0 Å². The van der Waals surface area contributed by atoms with Crippen molar-refractivity contribution in [3.8, 4) is 11.5 Å². The first-order valence-electron chi connectivity index (χ1n) is 8.75. The fourth-order valence-electron chi connectivity index (χ4n) is 2.66. The van der Waals surface area contributed by atoms with Crippen LogP contribution < -0.4 is 0 Å². The maximum atomic E-state index is 9.95. The third-order valence-electron chi connectivity index (χ3n) is 4.21. The van der Waals surface area contributed by atoms with Gasteiger partial charge in [-0.25, -0.2) is 0 Å². The lowest BCUT2D eigenvalue weighted by Crippen LogP contribution is -1.90. The molecule has 2 nitrogen and oxygen atoms in total. The lowest BCUT2D eigenvalue weighted by atomic mass is 10.0. The van der Waals surface area contributed by atoms with Gasteiger partial charge in [0.1, 0.15) is 11.5 Å². The number of hydrogen-bond acceptors (Lipinski definition) is 2. The summed E-state index contributed by atoms with van der Waals surface area (Å²) >= 11 is 0. The molecule has 0 spiro atoms. The Morgan fingerprint density at radius 3 is 2.04 bits per heavy atom. The molecule has 0 heterocycles. The first kappa shape index (κ1) is 20.1. The molecule has 0 radical (unpaired) electrons. The molecular weight excluding hydrogens is 296 g/mol. The van der Waals surface area contributed by atoms with Gasteiger partial charge in [0.2, 0.25) is 0 Å². The van der Waals surface area contributed by atoms with E-state index >= 15 is 0 Å². The van der Waals surface area contributed by atoms with Crippen LogP contribution in [0.2, 0.25) is 0 Å². The summed E-state index contributed by atoms with van der Waals surface area (Å²) in [6, 6.07) is 3.10. The molecule has 2 heteroatoms. The Hall–Kier alpha value is -1.96. The summed E-state index contributed by atoms with van der Waals surface area (Å²) in [6.07, 6.45) is 11.8. The Bertz CT molecular complexity index is 606. The highest BCUT2D eigenvalue weighted by molar-refractivity contribution is 5.45. The normalized spacial score (nSPS) is 12.4. The zero-order chi connectivity index (χ0) is 18.1. The molecule has 132 valence electrons. The van der Waals surface area contributed by atoms with Crippen LogP contribution in [0.1, 0.15) is 64.5 Å². The Morgan fingerprint density at radius 2 is 1.46 bits per heavy atom. The van der Waals surface area contributed by atoms with Crippen molar-refractivity contribution >= 4 is 0 Å². The molecular formula is C22H32O2. The third kappa shape index (κ3) is 7.54. The first-order valence-corrected chi connectivity index (χ1v) is 8.75. The average Bonchev–Trinajstić information content (AvgIpc) is 2.45. The molecule has 0 aromatic heterocycles. The number of benzene rings is 1. The maximum Gasteiger partial charge on any atom is 0.123 e. The van der Waals surface area contributed by atoms with E-state index in [2.05, 4.69) is 45.9 Å². The second kappa shape index (κ2) is 10.0. The van der Waals surface area contributed by atoms with Gasteiger partial charge >= 0.3 is 0 Å². The molecule has 0 aliphatic heterocycles. The van der Waals surface area contributed by atoms with E-state index in [-0.39, 0.29) is 11.5 Å². The molecule has 0 saturated carbocycles. The first-order chi connectivity index (χ1) is 11.3. The molecule has 2 N–H and O–H groups in total. The lowest BCUT2D eigenvalue weighted by molar-refractivity contribution is 0.446. The summed E-state index contributed by atoms with van der Waals surface area (Å²) in [5.74, 6) is 0.287. The van der Waals surface area contributed by atoms with Crippen LogP contribution >= 0.6 is 0 Å². The summed E-state index contributed by atoms with van der Waals surface area (Å²) in [5, 5.41) is 19.4. The van der Waals surface area contributed by atoms with E-state index in [9.17, 15) is 10.2 Å². The molecule has 24 heavy (non-hydrogen) atoms. The number of hydrogen-bond donors (Lipinski definition) is 2. The van der Waals surface area contributed by atoms with Gasteiger partial charge in [-0.15, -0.1) is 0 Å². The Labute approximate surface area is 147 Å². The van der Waals surface area contributed by atoms with E-state index in [1.807, 2.05) is 6.92 Å². The highest BCUT2D eigenvalue weighted by atomic mass is 16.3. The summed E-state index contributed by atoms with van der Waals surface area (Å²) in [5.41, 5.74) is 5.98. The van der Waals surface area contributed by atoms with E-state index < -0.39 is 0 Å². The summed E-state index contributed by atoms with van der Waals surface area (Å²) in [7, 11) is 0. The van der Waals surface area contributed by atoms with Crippen LogP contribution in [0.3, 0.4) is 0 Å². The van der Waals surface area contributed by atoms with E-state index in [1.165, 1.54) is 22.8 Å². The zero-order valence-corrected chi connectivity index (χ0v) is 15.8. The summed E-state index contributed by atoms with van der Waals surface area (Å²) in [6.45, 7) is 10.5. The van der Waals surface area contributed by atoms with Gasteiger partial charge in [0.05, 0.1) is 0 Å². The van der Waals surface area contributed by atoms with Crippen LogP contribution in [0.5, 0.6) is 11.5 Å². The van der Waals surface area contributed by atoms with Crippen molar-refractivity contribution in [2.45, 2.75) is 66.7 Å². The molecule has 0 bridgehead atoms. The fraction of sp³-hybridized carbons (Fsp3) is 0.455. The van der Waals surface area contributed by atoms with Crippen LogP contribution in [-0.4, -0.2) is 10.2 Å². The number of phenols is 2. The smallest absolute Gasteiger partial charge is 0.123 e. The second-order valence-electron chi connectivity index (χ2n) is 6.92. The monoisotopic (exact) mass is 328 g/mol. The van der Waals surface area contributed by atoms with E-state index in [1.54, 1.807) is 6.07 Å². The number of aromatic hydroxyl groups is 2. The predicted octanol–water partition coefficient (Wildman–Crippen LogP) is 6.37. The molecule has 1 aromatic carbocycles. The van der Waals surface area contributed by atoms with Crippen LogP contribution in [0.15, 0.2) is 47.1 Å². The molecule has 1 rings (SSSR count). The van der Waals surface area contributed by atoms with Gasteiger partial charge in [0.15, 0.2) is 0 Å². The lowest BCUT2D eigenvalue weighted by Gasteiger charge is -2.08. The van der Waals surface area contributed by atoms with Crippen LogP contribution in [0.25, 0.3) is 0 Å². The molecule has 0 unspecified atom stereocenters. The van der Waals surface area contributed by atoms with E-state index in [0.717, 1.165) is 36.8 Å². The summed E-state index contributed by atoms with van der Waals surface area (Å²) in [4.78, 5) is 0. The van der Waals surface area contributed by atoms with Gasteiger partial charge in [-0.3, -0.25) is 0 Å². The summed E-state index contributed by atoms with van der Waals surface area (Å²) < 4.78 is 0. The van der Waals surface area contributed by atoms with Crippen molar-refractivity contribution in [3.63, 3.8) is 0 Å². The van der Waals surface area contributed by atoms with Gasteiger partial charge in [-0.1, -0.05) is 34.9 Å². The SMILES string of the molecule is CC(C)=CCCC(C)=CCC/C(C)=C/Cc1c(C)cc(O)cc1O. The van der Waals surface area contributed by atoms with Gasteiger partial charge in [-0.05, 0) is 78.4 Å². The topological polar surface area (TPSA) is 40.5 Å². The average molecular weight is 328 g/mol. The predicted molar refractivity (Wildman–Crippen MR) is 104 cm³/mol. The highest BCUT2D eigenvalue weighted by Gasteiger charge is 2.05. The Balaban J connectivity index is 2.49.